The molecule has 1 unspecified atom stereocenters. The predicted molar refractivity (Wildman–Crippen MR) is 70.0 cm³/mol. The van der Waals surface area contributed by atoms with Gasteiger partial charge in [0.05, 0.1) is 18.4 Å². The summed E-state index contributed by atoms with van der Waals surface area (Å²) in [4.78, 5) is 28.4. The number of nitrogens with two attached hydrogens (primary N) is 1. The molecule has 1 aromatic heterocycles. The van der Waals surface area contributed by atoms with Gasteiger partial charge in [0, 0.05) is 25.8 Å². The Morgan fingerprint density at radius 3 is 2.80 bits per heavy atom. The standard InChI is InChI=1S/C13H17N3O4/c1-20-11(17)9-2-3-10(15-6-9)7-16-5-4-13(14,8-16)12(18)19/h2-3,6H,4-5,7-8,14H2,1H3,(H,18,19). The molecule has 0 saturated carbocycles. The Kier molecular flexibility index (Phi) is 4.01. The number of rotatable bonds is 4. The summed E-state index contributed by atoms with van der Waals surface area (Å²) < 4.78 is 4.59. The van der Waals surface area contributed by atoms with E-state index in [1.807, 2.05) is 4.90 Å². The molecule has 7 heteroatoms. The number of carbonyl (C=O) groups is 2. The van der Waals surface area contributed by atoms with Crippen molar-refractivity contribution in [1.82, 2.24) is 9.88 Å². The van der Waals surface area contributed by atoms with E-state index in [-0.39, 0.29) is 0 Å². The topological polar surface area (TPSA) is 106 Å². The maximum atomic E-state index is 11.3. The van der Waals surface area contributed by atoms with Gasteiger partial charge in [0.25, 0.3) is 0 Å². The highest BCUT2D eigenvalue weighted by Gasteiger charge is 2.41. The van der Waals surface area contributed by atoms with Crippen molar-refractivity contribution in [2.75, 3.05) is 20.2 Å². The average Bonchev–Trinajstić information content (AvgIpc) is 2.82. The molecule has 1 atom stereocenters. The molecule has 0 aliphatic carbocycles. The minimum atomic E-state index is -1.17. The lowest BCUT2D eigenvalue weighted by Gasteiger charge is -2.19. The van der Waals surface area contributed by atoms with E-state index in [1.54, 1.807) is 12.1 Å². The highest BCUT2D eigenvalue weighted by Crippen LogP contribution is 2.20. The van der Waals surface area contributed by atoms with Gasteiger partial charge in [-0.2, -0.15) is 0 Å². The molecule has 1 aliphatic rings. The first-order valence-electron chi connectivity index (χ1n) is 6.22. The van der Waals surface area contributed by atoms with Crippen LogP contribution in [0.2, 0.25) is 0 Å². The molecule has 0 spiro atoms. The molecular formula is C13H17N3O4. The van der Waals surface area contributed by atoms with Gasteiger partial charge in [0.15, 0.2) is 0 Å². The van der Waals surface area contributed by atoms with E-state index in [2.05, 4.69) is 9.72 Å². The molecule has 1 saturated heterocycles. The summed E-state index contributed by atoms with van der Waals surface area (Å²) in [6, 6.07) is 3.36. The van der Waals surface area contributed by atoms with Crippen LogP contribution in [0.25, 0.3) is 0 Å². The Morgan fingerprint density at radius 1 is 1.55 bits per heavy atom. The molecule has 108 valence electrons. The van der Waals surface area contributed by atoms with Gasteiger partial charge in [-0.25, -0.2) is 4.79 Å². The first-order chi connectivity index (χ1) is 9.44. The Morgan fingerprint density at radius 2 is 2.30 bits per heavy atom. The van der Waals surface area contributed by atoms with Crippen molar-refractivity contribution in [3.63, 3.8) is 0 Å². The monoisotopic (exact) mass is 279 g/mol. The lowest BCUT2D eigenvalue weighted by Crippen LogP contribution is -2.50. The number of aromatic nitrogens is 1. The molecule has 2 rings (SSSR count). The maximum absolute atomic E-state index is 11.3. The summed E-state index contributed by atoms with van der Waals surface area (Å²) >= 11 is 0. The van der Waals surface area contributed by atoms with Gasteiger partial charge >= 0.3 is 11.9 Å². The molecular weight excluding hydrogens is 262 g/mol. The smallest absolute Gasteiger partial charge is 0.339 e. The number of pyridine rings is 1. The van der Waals surface area contributed by atoms with Gasteiger partial charge in [-0.1, -0.05) is 0 Å². The van der Waals surface area contributed by atoms with Gasteiger partial charge in [-0.05, 0) is 18.6 Å². The number of ether oxygens (including phenoxy) is 1. The number of aliphatic carboxylic acids is 1. The van der Waals surface area contributed by atoms with E-state index in [0.29, 0.717) is 31.6 Å². The van der Waals surface area contributed by atoms with Crippen LogP contribution in [0.15, 0.2) is 18.3 Å². The van der Waals surface area contributed by atoms with Crippen molar-refractivity contribution in [3.05, 3.63) is 29.6 Å². The number of nitrogens with zero attached hydrogens (tertiary/aromatic N) is 2. The zero-order chi connectivity index (χ0) is 14.8. The minimum Gasteiger partial charge on any atom is -0.480 e. The second-order valence-corrected chi connectivity index (χ2v) is 4.95. The first kappa shape index (κ1) is 14.4. The number of hydrogen-bond acceptors (Lipinski definition) is 6. The van der Waals surface area contributed by atoms with Gasteiger partial charge in [0.1, 0.15) is 5.54 Å². The first-order valence-corrected chi connectivity index (χ1v) is 6.22. The number of carboxylic acid groups (broad SMARTS) is 1. The molecule has 2 heterocycles. The van der Waals surface area contributed by atoms with Crippen LogP contribution in [-0.4, -0.2) is 52.7 Å². The summed E-state index contributed by atoms with van der Waals surface area (Å²) in [5.41, 5.74) is 5.77. The normalized spacial score (nSPS) is 22.7. The fourth-order valence-electron chi connectivity index (χ4n) is 2.21. The number of likely N-dealkylation sites (tertiary alicyclic amines) is 1. The number of carbonyl (C=O) groups excluding carboxylic acids is 1. The second-order valence-electron chi connectivity index (χ2n) is 4.95. The Labute approximate surface area is 116 Å². The molecule has 1 aliphatic heterocycles. The largest absolute Gasteiger partial charge is 0.480 e. The molecule has 20 heavy (non-hydrogen) atoms. The molecule has 0 bridgehead atoms. The number of hydrogen-bond donors (Lipinski definition) is 2. The van der Waals surface area contributed by atoms with Crippen molar-refractivity contribution in [2.45, 2.75) is 18.5 Å². The molecule has 1 aromatic rings. The summed E-state index contributed by atoms with van der Waals surface area (Å²) in [6.07, 6.45) is 1.87. The van der Waals surface area contributed by atoms with Gasteiger partial charge in [-0.3, -0.25) is 14.7 Å². The number of methoxy groups -OCH3 is 1. The third-order valence-electron chi connectivity index (χ3n) is 3.44. The maximum Gasteiger partial charge on any atom is 0.339 e. The molecule has 0 amide bonds. The summed E-state index contributed by atoms with van der Waals surface area (Å²) in [5, 5.41) is 9.06. The van der Waals surface area contributed by atoms with Crippen LogP contribution in [0.4, 0.5) is 0 Å². The molecule has 7 nitrogen and oxygen atoms in total. The van der Waals surface area contributed by atoms with E-state index < -0.39 is 17.5 Å². The fourth-order valence-corrected chi connectivity index (χ4v) is 2.21. The Balaban J connectivity index is 1.98. The fraction of sp³-hybridized carbons (Fsp3) is 0.462. The van der Waals surface area contributed by atoms with Crippen LogP contribution < -0.4 is 5.73 Å². The van der Waals surface area contributed by atoms with Gasteiger partial charge < -0.3 is 15.6 Å². The molecule has 1 fully saturated rings. The third-order valence-corrected chi connectivity index (χ3v) is 3.44. The molecule has 0 radical (unpaired) electrons. The van der Waals surface area contributed by atoms with E-state index in [4.69, 9.17) is 10.8 Å². The quantitative estimate of drug-likeness (QED) is 0.738. The van der Waals surface area contributed by atoms with Crippen molar-refractivity contribution in [1.29, 1.82) is 0 Å². The third kappa shape index (κ3) is 2.94. The van der Waals surface area contributed by atoms with Crippen LogP contribution in [0.5, 0.6) is 0 Å². The second kappa shape index (κ2) is 5.56. The number of carboxylic acids is 1. The predicted octanol–water partition coefficient (Wildman–Crippen LogP) is -0.144. The highest BCUT2D eigenvalue weighted by atomic mass is 16.5. The van der Waals surface area contributed by atoms with Crippen LogP contribution in [0.3, 0.4) is 0 Å². The zero-order valence-electron chi connectivity index (χ0n) is 11.2. The van der Waals surface area contributed by atoms with Crippen molar-refractivity contribution >= 4 is 11.9 Å². The van der Waals surface area contributed by atoms with Crippen molar-refractivity contribution < 1.29 is 19.4 Å². The van der Waals surface area contributed by atoms with Crippen LogP contribution in [0.1, 0.15) is 22.5 Å². The Hall–Kier alpha value is -1.99. The molecule has 3 N–H and O–H groups in total. The Bertz CT molecular complexity index is 517. The van der Waals surface area contributed by atoms with E-state index in [0.717, 1.165) is 5.69 Å². The highest BCUT2D eigenvalue weighted by molar-refractivity contribution is 5.88. The van der Waals surface area contributed by atoms with Gasteiger partial charge in [-0.15, -0.1) is 0 Å². The minimum absolute atomic E-state index is 0.294. The summed E-state index contributed by atoms with van der Waals surface area (Å²) in [7, 11) is 1.31. The lowest BCUT2D eigenvalue weighted by molar-refractivity contribution is -0.142. The van der Waals surface area contributed by atoms with Crippen LogP contribution in [0, 0.1) is 0 Å². The van der Waals surface area contributed by atoms with E-state index >= 15 is 0 Å². The summed E-state index contributed by atoms with van der Waals surface area (Å²) in [5.74, 6) is -1.41. The lowest BCUT2D eigenvalue weighted by atomic mass is 10.0. The van der Waals surface area contributed by atoms with E-state index in [1.165, 1.54) is 13.3 Å². The molecule has 0 aromatic carbocycles. The number of esters is 1. The average molecular weight is 279 g/mol. The van der Waals surface area contributed by atoms with Gasteiger partial charge in [0.2, 0.25) is 0 Å². The zero-order valence-corrected chi connectivity index (χ0v) is 11.2. The van der Waals surface area contributed by atoms with Crippen LogP contribution >= 0.6 is 0 Å². The van der Waals surface area contributed by atoms with Crippen molar-refractivity contribution in [2.24, 2.45) is 5.73 Å². The van der Waals surface area contributed by atoms with E-state index in [9.17, 15) is 9.59 Å². The SMILES string of the molecule is COC(=O)c1ccc(CN2CCC(N)(C(=O)O)C2)nc1. The summed E-state index contributed by atoms with van der Waals surface area (Å²) in [6.45, 7) is 1.42. The van der Waals surface area contributed by atoms with Crippen molar-refractivity contribution in [3.8, 4) is 0 Å². The van der Waals surface area contributed by atoms with Crippen LogP contribution in [-0.2, 0) is 16.1 Å².